The van der Waals surface area contributed by atoms with E-state index in [2.05, 4.69) is 3.53 Å². The van der Waals surface area contributed by atoms with Crippen molar-refractivity contribution in [2.24, 2.45) is 5.92 Å². The standard InChI is InChI=1S/C41H30F6IN2O4/c42-40(43,44)26-17-15-25(16-18-26)27-8-1-2-11-30(27)35(51)23-24-14-19-34-31(22-24)36(52)37(53)50(34)21-7-20-39(38(54)49-48-41(45,46)47)32-12-5-3-9-28(32)29-10-4-6-13-33(29)39/h1-6,8-19,22,28,32H,7,20-21,23H2,(H,49,54)/q-1. The molecule has 4 aromatic carbocycles. The molecule has 1 N–H and O–H groups in total. The minimum atomic E-state index is -4.51. The Morgan fingerprint density at radius 1 is 0.815 bits per heavy atom. The number of allylic oxidation sites excluding steroid dienone is 4. The quantitative estimate of drug-likeness (QED) is 0.0569. The van der Waals surface area contributed by atoms with E-state index in [-0.39, 0.29) is 48.6 Å². The van der Waals surface area contributed by atoms with Crippen LogP contribution in [0, 0.1) is 5.92 Å². The van der Waals surface area contributed by atoms with E-state index in [4.69, 9.17) is 0 Å². The van der Waals surface area contributed by atoms with E-state index in [1.54, 1.807) is 54.6 Å². The molecule has 3 aliphatic rings. The van der Waals surface area contributed by atoms with Crippen LogP contribution in [0.25, 0.3) is 11.1 Å². The van der Waals surface area contributed by atoms with Crippen molar-refractivity contribution in [3.63, 3.8) is 0 Å². The number of benzene rings is 4. The average molecular weight is 856 g/mol. The molecule has 0 fully saturated rings. The SMILES string of the molecule is O=C(Cc1ccc2c(c1)C(=O)C(=O)N2CCCC1(C(=O)N[I-]C(F)(F)F)c2ccccc2C2C=CC=CC21)c1ccccc1-c1ccc(C(F)(F)F)cc1. The molecule has 2 aliphatic carbocycles. The van der Waals surface area contributed by atoms with Crippen LogP contribution in [0.4, 0.5) is 32.0 Å². The number of carbonyl (C=O) groups is 4. The molecule has 0 radical (unpaired) electrons. The van der Waals surface area contributed by atoms with Crippen molar-refractivity contribution in [2.45, 2.75) is 41.0 Å². The molecule has 0 saturated heterocycles. The third-order valence-corrected chi connectivity index (χ3v) is 11.6. The molecule has 278 valence electrons. The Kier molecular flexibility index (Phi) is 9.88. The summed E-state index contributed by atoms with van der Waals surface area (Å²) < 4.78 is 77.1. The van der Waals surface area contributed by atoms with Gasteiger partial charge in [-0.3, -0.25) is 4.79 Å². The number of amides is 2. The predicted octanol–water partition coefficient (Wildman–Crippen LogP) is 5.52. The monoisotopic (exact) mass is 855 g/mol. The maximum atomic E-state index is 13.9. The fourth-order valence-electron chi connectivity index (χ4n) is 7.91. The van der Waals surface area contributed by atoms with Crippen molar-refractivity contribution in [1.29, 1.82) is 0 Å². The molecule has 0 spiro atoms. The van der Waals surface area contributed by atoms with Gasteiger partial charge in [-0.25, -0.2) is 0 Å². The Balaban J connectivity index is 1.10. The van der Waals surface area contributed by atoms with E-state index >= 15 is 0 Å². The van der Waals surface area contributed by atoms with Gasteiger partial charge < -0.3 is 0 Å². The average Bonchev–Trinajstić information content (AvgIpc) is 3.57. The van der Waals surface area contributed by atoms with Gasteiger partial charge >= 0.3 is 223 Å². The van der Waals surface area contributed by atoms with E-state index < -0.39 is 66.3 Å². The van der Waals surface area contributed by atoms with Gasteiger partial charge in [0, 0.05) is 5.56 Å². The summed E-state index contributed by atoms with van der Waals surface area (Å²) in [5.74, 6) is -3.32. The largest absolute Gasteiger partial charge is 0.416 e. The molecule has 6 nitrogen and oxygen atoms in total. The topological polar surface area (TPSA) is 83.6 Å². The molecule has 1 heterocycles. The van der Waals surface area contributed by atoms with Crippen molar-refractivity contribution in [1.82, 2.24) is 3.53 Å². The van der Waals surface area contributed by atoms with Crippen LogP contribution in [0.2, 0.25) is 0 Å². The summed E-state index contributed by atoms with van der Waals surface area (Å²) in [6, 6.07) is 22.9. The molecule has 54 heavy (non-hydrogen) atoms. The molecule has 0 bridgehead atoms. The first-order valence-electron chi connectivity index (χ1n) is 16.9. The van der Waals surface area contributed by atoms with Gasteiger partial charge in [0.15, 0.2) is 5.78 Å². The number of halogens is 7. The van der Waals surface area contributed by atoms with Crippen LogP contribution in [0.1, 0.15) is 61.7 Å². The molecule has 13 heteroatoms. The molecule has 7 rings (SSSR count). The van der Waals surface area contributed by atoms with Crippen LogP contribution in [0.5, 0.6) is 0 Å². The van der Waals surface area contributed by atoms with Crippen molar-refractivity contribution in [3.05, 3.63) is 149 Å². The maximum Gasteiger partial charge on any atom is 0.416 e. The summed E-state index contributed by atoms with van der Waals surface area (Å²) in [5.41, 5.74) is 1.32. The molecular weight excluding hydrogens is 825 g/mol. The molecule has 0 saturated carbocycles. The number of nitrogens with one attached hydrogen (secondary N) is 1. The number of hydrogen-bond acceptors (Lipinski definition) is 4. The normalized spacial score (nSPS) is 20.2. The van der Waals surface area contributed by atoms with Crippen molar-refractivity contribution >= 4 is 29.1 Å². The van der Waals surface area contributed by atoms with Crippen LogP contribution >= 0.6 is 0 Å². The molecule has 0 aromatic heterocycles. The number of rotatable bonds is 10. The number of Topliss-reactive ketones (excluding diaryl/α,β-unsaturated/α-hetero) is 2. The van der Waals surface area contributed by atoms with Crippen LogP contribution in [0.15, 0.2) is 115 Å². The van der Waals surface area contributed by atoms with Gasteiger partial charge in [0.25, 0.3) is 0 Å². The molecule has 4 aromatic rings. The Morgan fingerprint density at radius 3 is 2.26 bits per heavy atom. The summed E-state index contributed by atoms with van der Waals surface area (Å²) in [6.45, 7) is 0.0127. The summed E-state index contributed by atoms with van der Waals surface area (Å²) in [4.78, 5) is 55.3. The number of alkyl halides is 7. The van der Waals surface area contributed by atoms with Crippen molar-refractivity contribution in [2.75, 3.05) is 11.4 Å². The number of fused-ring (bicyclic) bond motifs is 4. The summed E-state index contributed by atoms with van der Waals surface area (Å²) >= 11 is -2.66. The zero-order chi connectivity index (χ0) is 38.4. The minimum Gasteiger partial charge on any atom is -0.166 e. The van der Waals surface area contributed by atoms with Gasteiger partial charge in [-0.1, -0.05) is 36.4 Å². The summed E-state index contributed by atoms with van der Waals surface area (Å²) in [5, 5.41) is 0. The summed E-state index contributed by atoms with van der Waals surface area (Å²) in [7, 11) is 0. The van der Waals surface area contributed by atoms with Crippen LogP contribution in [-0.4, -0.2) is 34.1 Å². The van der Waals surface area contributed by atoms with E-state index in [0.717, 1.165) is 17.7 Å². The van der Waals surface area contributed by atoms with Gasteiger partial charge in [0.2, 0.25) is 0 Å². The van der Waals surface area contributed by atoms with Crippen LogP contribution in [0.3, 0.4) is 0 Å². The zero-order valence-electron chi connectivity index (χ0n) is 28.2. The van der Waals surface area contributed by atoms with Crippen LogP contribution in [-0.2, 0) is 27.6 Å². The van der Waals surface area contributed by atoms with Gasteiger partial charge in [0.1, 0.15) is 0 Å². The van der Waals surface area contributed by atoms with Crippen molar-refractivity contribution < 1.29 is 67.0 Å². The molecule has 2 amide bonds. The predicted molar refractivity (Wildman–Crippen MR) is 184 cm³/mol. The van der Waals surface area contributed by atoms with E-state index in [9.17, 15) is 45.5 Å². The fourth-order valence-corrected chi connectivity index (χ4v) is 8.94. The third kappa shape index (κ3) is 6.89. The van der Waals surface area contributed by atoms with Gasteiger partial charge in [0.05, 0.1) is 5.56 Å². The Bertz CT molecular complexity index is 2230. The van der Waals surface area contributed by atoms with Gasteiger partial charge in [-0.05, 0) is 23.3 Å². The van der Waals surface area contributed by atoms with E-state index in [1.807, 2.05) is 30.4 Å². The van der Waals surface area contributed by atoms with Gasteiger partial charge in [-0.15, -0.1) is 0 Å². The molecule has 3 unspecified atom stereocenters. The van der Waals surface area contributed by atoms with Crippen molar-refractivity contribution in [3.8, 4) is 11.1 Å². The third-order valence-electron chi connectivity index (χ3n) is 10.3. The minimum absolute atomic E-state index is 0.0127. The summed E-state index contributed by atoms with van der Waals surface area (Å²) in [6.07, 6.45) is 3.04. The molecular formula is C41H30F6IN2O4-. The molecule has 3 atom stereocenters. The maximum absolute atomic E-state index is 13.9. The van der Waals surface area contributed by atoms with E-state index in [1.165, 1.54) is 23.1 Å². The number of anilines is 1. The Labute approximate surface area is 316 Å². The second-order valence-corrected chi connectivity index (χ2v) is 15.6. The fraction of sp³-hybridized carbons (Fsp3) is 0.220. The number of nitrogens with zero attached hydrogens (tertiary/aromatic N) is 1. The van der Waals surface area contributed by atoms with Crippen LogP contribution < -0.4 is 29.9 Å². The molecule has 1 aliphatic heterocycles. The Hall–Kier alpha value is -5.05. The first kappa shape index (κ1) is 37.3. The number of carbonyl (C=O) groups excluding carboxylic acids is 4. The van der Waals surface area contributed by atoms with Gasteiger partial charge in [-0.2, -0.15) is 13.2 Å². The smallest absolute Gasteiger partial charge is 0.166 e. The van der Waals surface area contributed by atoms with E-state index in [0.29, 0.717) is 27.9 Å². The second-order valence-electron chi connectivity index (χ2n) is 13.3. The second kappa shape index (κ2) is 14.3. The zero-order valence-corrected chi connectivity index (χ0v) is 30.3. The first-order chi connectivity index (χ1) is 25.7. The first-order valence-corrected chi connectivity index (χ1v) is 19.1. The number of ketones is 2. The Morgan fingerprint density at radius 2 is 1.52 bits per heavy atom. The number of hydrogen-bond donors (Lipinski definition) is 1.